The number of nitrogens with zero attached hydrogens (tertiary/aromatic N) is 1. The molecule has 0 aliphatic carbocycles. The first-order valence-electron chi connectivity index (χ1n) is 5.29. The summed E-state index contributed by atoms with van der Waals surface area (Å²) in [5, 5.41) is 9.13. The summed E-state index contributed by atoms with van der Waals surface area (Å²) in [6, 6.07) is 12.2. The van der Waals surface area contributed by atoms with Crippen LogP contribution in [0, 0.1) is 0 Å². The average Bonchev–Trinajstić information content (AvgIpc) is 2.40. The van der Waals surface area contributed by atoms with Crippen LogP contribution >= 0.6 is 0 Å². The van der Waals surface area contributed by atoms with Crippen LogP contribution in [0.5, 0.6) is 0 Å². The minimum absolute atomic E-state index is 0.00763. The molecule has 2 aromatic rings. The van der Waals surface area contributed by atoms with Crippen molar-refractivity contribution in [2.24, 2.45) is 0 Å². The molecule has 2 rings (SSSR count). The van der Waals surface area contributed by atoms with Crippen molar-refractivity contribution in [3.8, 4) is 0 Å². The van der Waals surface area contributed by atoms with Gasteiger partial charge in [-0.25, -0.2) is 9.78 Å². The molecule has 1 aromatic carbocycles. The maximum absolute atomic E-state index is 12.1. The highest BCUT2D eigenvalue weighted by atomic mass is 32.2. The van der Waals surface area contributed by atoms with E-state index >= 15 is 0 Å². The molecule has 0 radical (unpaired) electrons. The number of carbonyl (C=O) groups is 1. The molecule has 0 bridgehead atoms. The first kappa shape index (κ1) is 12.4. The van der Waals surface area contributed by atoms with Crippen molar-refractivity contribution in [1.82, 2.24) is 4.98 Å². The maximum atomic E-state index is 12.1. The quantitative estimate of drug-likeness (QED) is 0.915. The number of hydrogen-bond acceptors (Lipinski definition) is 3. The molecule has 0 amide bonds. The summed E-state index contributed by atoms with van der Waals surface area (Å²) in [5.74, 6) is -0.850. The average molecular weight is 261 g/mol. The highest BCUT2D eigenvalue weighted by molar-refractivity contribution is 7.84. The third-order valence-corrected chi connectivity index (χ3v) is 3.71. The van der Waals surface area contributed by atoms with Gasteiger partial charge in [-0.15, -0.1) is 0 Å². The molecular formula is C13H11NO3S. The lowest BCUT2D eigenvalue weighted by molar-refractivity contribution is 0.0692. The third-order valence-electron chi connectivity index (χ3n) is 2.36. The summed E-state index contributed by atoms with van der Waals surface area (Å²) in [4.78, 5) is 14.9. The Hall–Kier alpha value is -2.01. The molecule has 0 aliphatic rings. The molecule has 1 heterocycles. The van der Waals surface area contributed by atoms with Crippen molar-refractivity contribution in [2.45, 2.75) is 10.8 Å². The standard InChI is InChI=1S/C13H11NO3S/c15-13(16)11-7-4-8-14-12(11)18(17)9-10-5-2-1-3-6-10/h1-8H,9H2,(H,15,16). The number of carboxylic acids is 1. The monoisotopic (exact) mass is 261 g/mol. The number of rotatable bonds is 4. The second-order valence-electron chi connectivity index (χ2n) is 3.64. The van der Waals surface area contributed by atoms with E-state index in [0.29, 0.717) is 0 Å². The van der Waals surface area contributed by atoms with E-state index in [1.54, 1.807) is 0 Å². The van der Waals surface area contributed by atoms with Gasteiger partial charge in [-0.1, -0.05) is 30.3 Å². The van der Waals surface area contributed by atoms with Gasteiger partial charge in [0.1, 0.15) is 5.03 Å². The topological polar surface area (TPSA) is 67.3 Å². The van der Waals surface area contributed by atoms with Crippen LogP contribution in [0.15, 0.2) is 53.7 Å². The van der Waals surface area contributed by atoms with Gasteiger partial charge in [0.05, 0.1) is 22.1 Å². The molecule has 0 spiro atoms. The van der Waals surface area contributed by atoms with E-state index in [0.717, 1.165) is 5.56 Å². The van der Waals surface area contributed by atoms with E-state index < -0.39 is 16.8 Å². The minimum Gasteiger partial charge on any atom is -0.478 e. The highest BCUT2D eigenvalue weighted by Crippen LogP contribution is 2.14. The molecular weight excluding hydrogens is 250 g/mol. The number of carboxylic acid groups (broad SMARTS) is 1. The normalized spacial score (nSPS) is 12.0. The number of pyridine rings is 1. The maximum Gasteiger partial charge on any atom is 0.338 e. The SMILES string of the molecule is O=C(O)c1cccnc1S(=O)Cc1ccccc1. The number of hydrogen-bond donors (Lipinski definition) is 1. The van der Waals surface area contributed by atoms with Crippen LogP contribution in [0.3, 0.4) is 0 Å². The Labute approximate surface area is 107 Å². The third kappa shape index (κ3) is 2.81. The molecule has 5 heteroatoms. The minimum atomic E-state index is -1.46. The van der Waals surface area contributed by atoms with E-state index in [4.69, 9.17) is 5.11 Å². The van der Waals surface area contributed by atoms with Crippen molar-refractivity contribution in [1.29, 1.82) is 0 Å². The molecule has 1 atom stereocenters. The molecule has 0 fully saturated rings. The van der Waals surface area contributed by atoms with Crippen LogP contribution in [0.2, 0.25) is 0 Å². The summed E-state index contributed by atoms with van der Waals surface area (Å²) in [6.07, 6.45) is 1.45. The Morgan fingerprint density at radius 1 is 1.17 bits per heavy atom. The van der Waals surface area contributed by atoms with Gasteiger partial charge in [0, 0.05) is 6.20 Å². The fraction of sp³-hybridized carbons (Fsp3) is 0.0769. The summed E-state index contributed by atoms with van der Waals surface area (Å²) in [7, 11) is -1.46. The molecule has 4 nitrogen and oxygen atoms in total. The van der Waals surface area contributed by atoms with Crippen LogP contribution in [0.1, 0.15) is 15.9 Å². The van der Waals surface area contributed by atoms with Gasteiger partial charge in [-0.3, -0.25) is 4.21 Å². The lowest BCUT2D eigenvalue weighted by Gasteiger charge is -2.04. The molecule has 1 N–H and O–H groups in total. The fourth-order valence-electron chi connectivity index (χ4n) is 1.53. The Balaban J connectivity index is 2.27. The molecule has 18 heavy (non-hydrogen) atoms. The predicted octanol–water partition coefficient (Wildman–Crippen LogP) is 2.09. The largest absolute Gasteiger partial charge is 0.478 e. The van der Waals surface area contributed by atoms with E-state index in [-0.39, 0.29) is 16.3 Å². The Morgan fingerprint density at radius 2 is 1.89 bits per heavy atom. The van der Waals surface area contributed by atoms with E-state index in [2.05, 4.69) is 4.98 Å². The Morgan fingerprint density at radius 3 is 2.56 bits per heavy atom. The van der Waals surface area contributed by atoms with Gasteiger partial charge >= 0.3 is 5.97 Å². The zero-order valence-corrected chi connectivity index (χ0v) is 10.3. The van der Waals surface area contributed by atoms with Gasteiger partial charge in [0.15, 0.2) is 0 Å². The molecule has 0 aliphatic heterocycles. The summed E-state index contributed by atoms with van der Waals surface area (Å²) in [6.45, 7) is 0. The van der Waals surface area contributed by atoms with Gasteiger partial charge in [0.25, 0.3) is 0 Å². The molecule has 92 valence electrons. The van der Waals surface area contributed by atoms with Crippen molar-refractivity contribution in [3.05, 3.63) is 59.8 Å². The van der Waals surface area contributed by atoms with E-state index in [1.165, 1.54) is 18.3 Å². The number of aromatic nitrogens is 1. The van der Waals surface area contributed by atoms with Gasteiger partial charge < -0.3 is 5.11 Å². The van der Waals surface area contributed by atoms with Gasteiger partial charge in [0.2, 0.25) is 0 Å². The first-order chi connectivity index (χ1) is 8.68. The first-order valence-corrected chi connectivity index (χ1v) is 6.61. The van der Waals surface area contributed by atoms with Crippen LogP contribution in [0.25, 0.3) is 0 Å². The lowest BCUT2D eigenvalue weighted by atomic mass is 10.2. The van der Waals surface area contributed by atoms with Crippen molar-refractivity contribution in [2.75, 3.05) is 0 Å². The van der Waals surface area contributed by atoms with Crippen molar-refractivity contribution in [3.63, 3.8) is 0 Å². The Kier molecular flexibility index (Phi) is 3.84. The van der Waals surface area contributed by atoms with Crippen LogP contribution < -0.4 is 0 Å². The van der Waals surface area contributed by atoms with Gasteiger partial charge in [-0.05, 0) is 17.7 Å². The summed E-state index contributed by atoms with van der Waals surface area (Å²) >= 11 is 0. The van der Waals surface area contributed by atoms with E-state index in [1.807, 2.05) is 30.3 Å². The number of aromatic carboxylic acids is 1. The second-order valence-corrected chi connectivity index (χ2v) is 5.00. The van der Waals surface area contributed by atoms with E-state index in [9.17, 15) is 9.00 Å². The van der Waals surface area contributed by atoms with Crippen LogP contribution in [-0.4, -0.2) is 20.3 Å². The second kappa shape index (κ2) is 5.55. The molecule has 0 saturated carbocycles. The lowest BCUT2D eigenvalue weighted by Crippen LogP contribution is -2.07. The smallest absolute Gasteiger partial charge is 0.338 e. The summed E-state index contributed by atoms with van der Waals surface area (Å²) in [5.41, 5.74) is 0.879. The zero-order chi connectivity index (χ0) is 13.0. The Bertz CT molecular complexity index is 584. The van der Waals surface area contributed by atoms with Crippen LogP contribution in [0.4, 0.5) is 0 Å². The predicted molar refractivity (Wildman–Crippen MR) is 67.8 cm³/mol. The van der Waals surface area contributed by atoms with Crippen molar-refractivity contribution < 1.29 is 14.1 Å². The van der Waals surface area contributed by atoms with Crippen molar-refractivity contribution >= 4 is 16.8 Å². The zero-order valence-electron chi connectivity index (χ0n) is 9.45. The fourth-order valence-corrected chi connectivity index (χ4v) is 2.74. The molecule has 0 saturated heterocycles. The molecule has 1 aromatic heterocycles. The summed E-state index contributed by atoms with van der Waals surface area (Å²) < 4.78 is 12.1. The molecule has 1 unspecified atom stereocenters. The highest BCUT2D eigenvalue weighted by Gasteiger charge is 2.16. The number of benzene rings is 1. The van der Waals surface area contributed by atoms with Gasteiger partial charge in [-0.2, -0.15) is 0 Å². The van der Waals surface area contributed by atoms with Crippen LogP contribution in [-0.2, 0) is 16.6 Å².